The lowest BCUT2D eigenvalue weighted by atomic mass is 9.64. The van der Waals surface area contributed by atoms with Gasteiger partial charge in [0.1, 0.15) is 0 Å². The van der Waals surface area contributed by atoms with Crippen molar-refractivity contribution < 1.29 is 0 Å². The van der Waals surface area contributed by atoms with E-state index in [0.717, 1.165) is 17.8 Å². The molecule has 2 unspecified atom stereocenters. The van der Waals surface area contributed by atoms with Crippen molar-refractivity contribution in [3.8, 4) is 0 Å². The van der Waals surface area contributed by atoms with Crippen LogP contribution in [0.5, 0.6) is 0 Å². The third-order valence-corrected chi connectivity index (χ3v) is 5.37. The van der Waals surface area contributed by atoms with Crippen molar-refractivity contribution in [3.05, 3.63) is 0 Å². The Morgan fingerprint density at radius 2 is 1.17 bits per heavy atom. The Balaban J connectivity index is 0.000000771. The van der Waals surface area contributed by atoms with E-state index in [1.54, 1.807) is 0 Å². The molecule has 18 heavy (non-hydrogen) atoms. The summed E-state index contributed by atoms with van der Waals surface area (Å²) in [6.45, 7) is 11.6. The summed E-state index contributed by atoms with van der Waals surface area (Å²) in [5.41, 5.74) is 0.676. The van der Waals surface area contributed by atoms with E-state index >= 15 is 0 Å². The first-order valence-corrected chi connectivity index (χ1v) is 8.60. The van der Waals surface area contributed by atoms with Crippen LogP contribution in [0, 0.1) is 23.2 Å². The van der Waals surface area contributed by atoms with Gasteiger partial charge in [0.2, 0.25) is 0 Å². The molecule has 0 nitrogen and oxygen atoms in total. The van der Waals surface area contributed by atoms with Gasteiger partial charge in [-0.3, -0.25) is 0 Å². The first-order chi connectivity index (χ1) is 8.60. The Hall–Kier alpha value is 0. The van der Waals surface area contributed by atoms with Gasteiger partial charge < -0.3 is 0 Å². The first-order valence-electron chi connectivity index (χ1n) is 8.60. The molecule has 2 aliphatic carbocycles. The summed E-state index contributed by atoms with van der Waals surface area (Å²) in [7, 11) is 0. The monoisotopic (exact) mass is 252 g/mol. The first kappa shape index (κ1) is 16.1. The molecule has 0 spiro atoms. The molecule has 0 heterocycles. The van der Waals surface area contributed by atoms with E-state index in [2.05, 4.69) is 20.8 Å². The maximum atomic E-state index is 2.61. The van der Waals surface area contributed by atoms with Gasteiger partial charge in [0.15, 0.2) is 0 Å². The molecule has 0 saturated heterocycles. The van der Waals surface area contributed by atoms with Crippen LogP contribution in [0.4, 0.5) is 0 Å². The van der Waals surface area contributed by atoms with Crippen LogP contribution in [0.2, 0.25) is 0 Å². The van der Waals surface area contributed by atoms with Crippen molar-refractivity contribution in [3.63, 3.8) is 0 Å². The third kappa shape index (κ3) is 4.28. The summed E-state index contributed by atoms with van der Waals surface area (Å²) in [5.74, 6) is 2.98. The summed E-state index contributed by atoms with van der Waals surface area (Å²) in [5, 5.41) is 0. The van der Waals surface area contributed by atoms with Crippen LogP contribution in [0.15, 0.2) is 0 Å². The van der Waals surface area contributed by atoms with Crippen LogP contribution in [0.25, 0.3) is 0 Å². The Morgan fingerprint density at radius 1 is 0.722 bits per heavy atom. The van der Waals surface area contributed by atoms with E-state index in [4.69, 9.17) is 0 Å². The maximum Gasteiger partial charge on any atom is -0.0292 e. The standard InChI is InChI=1S/C16H30.C2H6/c1-13-9-10-14(2)12-16(3,11-13)15-7-5-4-6-8-15;1-2/h13-15H,4-12H2,1-3H3;1-2H3. The van der Waals surface area contributed by atoms with Crippen LogP contribution in [-0.4, -0.2) is 0 Å². The van der Waals surface area contributed by atoms with Crippen molar-refractivity contribution >= 4 is 0 Å². The average molecular weight is 252 g/mol. The van der Waals surface area contributed by atoms with Crippen molar-refractivity contribution in [1.29, 1.82) is 0 Å². The lowest BCUT2D eigenvalue weighted by molar-refractivity contribution is 0.0912. The maximum absolute atomic E-state index is 2.61. The van der Waals surface area contributed by atoms with Crippen LogP contribution >= 0.6 is 0 Å². The summed E-state index contributed by atoms with van der Waals surface area (Å²) in [6.07, 6.45) is 13.5. The Bertz CT molecular complexity index is 200. The van der Waals surface area contributed by atoms with Crippen molar-refractivity contribution in [1.82, 2.24) is 0 Å². The topological polar surface area (TPSA) is 0 Å². The van der Waals surface area contributed by atoms with E-state index in [9.17, 15) is 0 Å². The molecule has 0 aromatic rings. The quantitative estimate of drug-likeness (QED) is 0.471. The lowest BCUT2D eigenvalue weighted by Crippen LogP contribution is -2.31. The van der Waals surface area contributed by atoms with E-state index in [-0.39, 0.29) is 0 Å². The molecule has 2 saturated carbocycles. The lowest BCUT2D eigenvalue weighted by Gasteiger charge is -2.41. The molecule has 2 rings (SSSR count). The molecular weight excluding hydrogens is 216 g/mol. The van der Waals surface area contributed by atoms with E-state index in [1.807, 2.05) is 13.8 Å². The largest absolute Gasteiger partial charge is 0.0683 e. The number of rotatable bonds is 1. The Morgan fingerprint density at radius 3 is 1.61 bits per heavy atom. The van der Waals surface area contributed by atoms with Crippen LogP contribution in [0.3, 0.4) is 0 Å². The zero-order valence-electron chi connectivity index (χ0n) is 13.6. The second-order valence-electron chi connectivity index (χ2n) is 7.18. The minimum atomic E-state index is 0.676. The predicted octanol–water partition coefficient (Wildman–Crippen LogP) is 6.45. The minimum Gasteiger partial charge on any atom is -0.0683 e. The number of hydrogen-bond acceptors (Lipinski definition) is 0. The van der Waals surface area contributed by atoms with E-state index in [0.29, 0.717) is 5.41 Å². The van der Waals surface area contributed by atoms with Crippen LogP contribution in [-0.2, 0) is 0 Å². The SMILES string of the molecule is CC.CC1CCC(C)CC(C)(C2CCCCC2)C1. The van der Waals surface area contributed by atoms with Gasteiger partial charge in [-0.2, -0.15) is 0 Å². The molecule has 2 fully saturated rings. The van der Waals surface area contributed by atoms with E-state index in [1.165, 1.54) is 57.8 Å². The van der Waals surface area contributed by atoms with Crippen molar-refractivity contribution in [2.24, 2.45) is 23.2 Å². The van der Waals surface area contributed by atoms with Crippen LogP contribution in [0.1, 0.15) is 92.4 Å². The molecule has 0 amide bonds. The van der Waals surface area contributed by atoms with Gasteiger partial charge in [-0.25, -0.2) is 0 Å². The van der Waals surface area contributed by atoms with E-state index < -0.39 is 0 Å². The van der Waals surface area contributed by atoms with Gasteiger partial charge >= 0.3 is 0 Å². The summed E-state index contributed by atoms with van der Waals surface area (Å²) in [6, 6.07) is 0. The fraction of sp³-hybridized carbons (Fsp3) is 1.00. The average Bonchev–Trinajstić information content (AvgIpc) is 2.52. The zero-order chi connectivity index (χ0) is 13.6. The molecule has 0 aromatic carbocycles. The van der Waals surface area contributed by atoms with Crippen molar-refractivity contribution in [2.75, 3.05) is 0 Å². The van der Waals surface area contributed by atoms with Gasteiger partial charge in [-0.1, -0.05) is 66.7 Å². The highest BCUT2D eigenvalue weighted by atomic mass is 14.4. The molecule has 0 bridgehead atoms. The highest BCUT2D eigenvalue weighted by Gasteiger charge is 2.38. The van der Waals surface area contributed by atoms with Gasteiger partial charge in [0.05, 0.1) is 0 Å². The molecule has 2 atom stereocenters. The van der Waals surface area contributed by atoms with Gasteiger partial charge in [0.25, 0.3) is 0 Å². The summed E-state index contributed by atoms with van der Waals surface area (Å²) < 4.78 is 0. The molecule has 0 N–H and O–H groups in total. The zero-order valence-corrected chi connectivity index (χ0v) is 13.6. The fourth-order valence-corrected chi connectivity index (χ4v) is 4.58. The molecule has 2 aliphatic rings. The second-order valence-corrected chi connectivity index (χ2v) is 7.18. The highest BCUT2D eigenvalue weighted by Crippen LogP contribution is 2.49. The smallest absolute Gasteiger partial charge is 0.0292 e. The normalized spacial score (nSPS) is 38.5. The summed E-state index contributed by atoms with van der Waals surface area (Å²) >= 11 is 0. The van der Waals surface area contributed by atoms with Gasteiger partial charge in [-0.15, -0.1) is 0 Å². The highest BCUT2D eigenvalue weighted by molar-refractivity contribution is 4.89. The fourth-order valence-electron chi connectivity index (χ4n) is 4.58. The molecular formula is C18H36. The molecule has 0 aliphatic heterocycles. The van der Waals surface area contributed by atoms with Crippen molar-refractivity contribution in [2.45, 2.75) is 92.4 Å². The molecule has 0 aromatic heterocycles. The molecule has 0 heteroatoms. The van der Waals surface area contributed by atoms with Gasteiger partial charge in [0, 0.05) is 0 Å². The predicted molar refractivity (Wildman–Crippen MR) is 82.8 cm³/mol. The second kappa shape index (κ2) is 7.56. The Labute approximate surface area is 116 Å². The molecule has 108 valence electrons. The van der Waals surface area contributed by atoms with Crippen LogP contribution < -0.4 is 0 Å². The van der Waals surface area contributed by atoms with Gasteiger partial charge in [-0.05, 0) is 48.9 Å². The number of hydrogen-bond donors (Lipinski definition) is 0. The summed E-state index contributed by atoms with van der Waals surface area (Å²) in [4.78, 5) is 0. The minimum absolute atomic E-state index is 0.676. The third-order valence-electron chi connectivity index (χ3n) is 5.37. The molecule has 0 radical (unpaired) electrons. The Kier molecular flexibility index (Phi) is 6.74.